The fourth-order valence-corrected chi connectivity index (χ4v) is 2.92. The van der Waals surface area contributed by atoms with Crippen molar-refractivity contribution >= 4 is 20.4 Å². The Morgan fingerprint density at radius 2 is 1.07 bits per heavy atom. The number of ether oxygens (including phenoxy) is 1. The molecule has 2 aromatic carbocycles. The molecule has 0 N–H and O–H groups in total. The van der Waals surface area contributed by atoms with Crippen molar-refractivity contribution in [3.63, 3.8) is 0 Å². The molecule has 0 aliphatic heterocycles. The van der Waals surface area contributed by atoms with Gasteiger partial charge in [-0.1, -0.05) is 60.7 Å². The van der Waals surface area contributed by atoms with Crippen molar-refractivity contribution in [2.75, 3.05) is 13.2 Å². The predicted octanol–water partition coefficient (Wildman–Crippen LogP) is 5.51. The molecule has 30 heavy (non-hydrogen) atoms. The standard InChI is InChI=1S/C22H22N4O.2ClH.Ni/c1-3-7-19(8-4-1)21-11-13-25(23-21)15-17-27-18-16-26-14-12-22(24-26)20-9-5-2-6-10-20;;;/h1-14H,15-18H2;2*1H;/q;;;+2/p-2. The number of hydrogen-bond donors (Lipinski definition) is 0. The molecular formula is C22H22Cl2N4NiO. The Morgan fingerprint density at radius 3 is 1.47 bits per heavy atom. The Balaban J connectivity index is 0.000000806. The summed E-state index contributed by atoms with van der Waals surface area (Å²) < 4.78 is 9.59. The fraction of sp³-hybridized carbons (Fsp3) is 0.182. The van der Waals surface area contributed by atoms with Gasteiger partial charge in [-0.3, -0.25) is 9.36 Å². The summed E-state index contributed by atoms with van der Waals surface area (Å²) in [4.78, 5) is 0. The Labute approximate surface area is 190 Å². The van der Waals surface area contributed by atoms with E-state index in [4.69, 9.17) is 25.1 Å². The van der Waals surface area contributed by atoms with Crippen LogP contribution in [-0.4, -0.2) is 32.8 Å². The van der Waals surface area contributed by atoms with Gasteiger partial charge >= 0.3 is 33.0 Å². The smallest absolute Gasteiger partial charge is 0.0923 e. The van der Waals surface area contributed by atoms with Crippen LogP contribution in [0.2, 0.25) is 0 Å². The van der Waals surface area contributed by atoms with E-state index < -0.39 is 0 Å². The summed E-state index contributed by atoms with van der Waals surface area (Å²) in [5.41, 5.74) is 4.23. The molecule has 8 heteroatoms. The molecule has 0 saturated heterocycles. The first-order valence-electron chi connectivity index (χ1n) is 9.38. The molecule has 5 nitrogen and oxygen atoms in total. The Bertz CT molecular complexity index is 913. The van der Waals surface area contributed by atoms with Gasteiger partial charge in [-0.05, 0) is 12.1 Å². The largest absolute Gasteiger partial charge is 0.378 e. The molecule has 2 aromatic heterocycles. The van der Waals surface area contributed by atoms with E-state index in [0.717, 1.165) is 35.6 Å². The summed E-state index contributed by atoms with van der Waals surface area (Å²) in [6.45, 7) is 2.73. The minimum absolute atomic E-state index is 0.569. The second-order valence-corrected chi connectivity index (χ2v) is 7.95. The van der Waals surface area contributed by atoms with Gasteiger partial charge in [-0.25, -0.2) is 0 Å². The number of nitrogens with zero attached hydrogens (tertiary/aromatic N) is 4. The number of halogens is 2. The van der Waals surface area contributed by atoms with Crippen LogP contribution in [0.3, 0.4) is 0 Å². The molecular weight excluding hydrogens is 466 g/mol. The molecule has 4 aromatic rings. The normalized spacial score (nSPS) is 10.6. The first-order chi connectivity index (χ1) is 14.8. The van der Waals surface area contributed by atoms with Crippen molar-refractivity contribution in [3.8, 4) is 22.5 Å². The number of hydrogen-bond acceptors (Lipinski definition) is 3. The minimum atomic E-state index is 0.569. The molecule has 2 heterocycles. The van der Waals surface area contributed by atoms with Crippen LogP contribution >= 0.6 is 20.4 Å². The van der Waals surface area contributed by atoms with Crippen molar-refractivity contribution in [1.29, 1.82) is 0 Å². The maximum absolute atomic E-state index is 5.75. The van der Waals surface area contributed by atoms with Gasteiger partial charge in [0.05, 0.1) is 37.7 Å². The summed E-state index contributed by atoms with van der Waals surface area (Å²) in [6.07, 6.45) is 3.98. The second kappa shape index (κ2) is 12.6. The third kappa shape index (κ3) is 7.00. The van der Waals surface area contributed by atoms with Gasteiger partial charge in [-0.15, -0.1) is 0 Å². The van der Waals surface area contributed by atoms with Crippen molar-refractivity contribution in [2.45, 2.75) is 13.1 Å². The molecule has 0 aliphatic carbocycles. The van der Waals surface area contributed by atoms with Gasteiger partial charge in [0.2, 0.25) is 0 Å². The van der Waals surface area contributed by atoms with E-state index in [0.29, 0.717) is 25.9 Å². The second-order valence-electron chi connectivity index (χ2n) is 6.32. The van der Waals surface area contributed by atoms with E-state index in [9.17, 15) is 0 Å². The van der Waals surface area contributed by atoms with Gasteiger partial charge in [0.15, 0.2) is 0 Å². The average Bonchev–Trinajstić information content (AvgIpc) is 3.45. The number of rotatable bonds is 8. The van der Waals surface area contributed by atoms with Crippen molar-refractivity contribution in [1.82, 2.24) is 19.6 Å². The molecule has 0 aliphatic rings. The molecule has 4 rings (SSSR count). The monoisotopic (exact) mass is 486 g/mol. The Hall–Kier alpha value is -2.11. The maximum atomic E-state index is 5.75. The molecule has 0 radical (unpaired) electrons. The van der Waals surface area contributed by atoms with Crippen LogP contribution in [0.5, 0.6) is 0 Å². The van der Waals surface area contributed by atoms with Crippen LogP contribution in [0.4, 0.5) is 0 Å². The van der Waals surface area contributed by atoms with Crippen LogP contribution in [-0.2, 0) is 30.5 Å². The fourth-order valence-electron chi connectivity index (χ4n) is 2.92. The van der Waals surface area contributed by atoms with E-state index in [1.165, 1.54) is 0 Å². The van der Waals surface area contributed by atoms with Gasteiger partial charge in [0, 0.05) is 23.5 Å². The zero-order chi connectivity index (χ0) is 21.0. The zero-order valence-corrected chi connectivity index (χ0v) is 18.7. The minimum Gasteiger partial charge on any atom is -0.378 e. The molecule has 160 valence electrons. The van der Waals surface area contributed by atoms with Crippen LogP contribution < -0.4 is 0 Å². The summed E-state index contributed by atoms with van der Waals surface area (Å²) in [5.74, 6) is 0. The maximum Gasteiger partial charge on any atom is 0.0923 e. The van der Waals surface area contributed by atoms with E-state index in [2.05, 4.69) is 34.5 Å². The molecule has 0 bridgehead atoms. The van der Waals surface area contributed by atoms with Gasteiger partial charge < -0.3 is 4.74 Å². The van der Waals surface area contributed by atoms with Crippen LogP contribution in [0, 0.1) is 0 Å². The van der Waals surface area contributed by atoms with E-state index in [1.54, 1.807) is 0 Å². The van der Waals surface area contributed by atoms with Crippen molar-refractivity contribution < 1.29 is 17.4 Å². The van der Waals surface area contributed by atoms with Crippen molar-refractivity contribution in [2.24, 2.45) is 0 Å². The van der Waals surface area contributed by atoms with E-state index in [-0.39, 0.29) is 0 Å². The van der Waals surface area contributed by atoms with Gasteiger partial charge in [0.25, 0.3) is 0 Å². The SMILES string of the molecule is [Cl][Ni][Cl].c1ccc(-c2ccn(CCOCCn3ccc(-c4ccccc4)n3)n2)cc1. The first kappa shape index (κ1) is 22.6. The molecule has 0 spiro atoms. The quantitative estimate of drug-likeness (QED) is 0.243. The van der Waals surface area contributed by atoms with Crippen molar-refractivity contribution in [3.05, 3.63) is 85.2 Å². The van der Waals surface area contributed by atoms with E-state index in [1.807, 2.05) is 70.3 Å². The first-order valence-corrected chi connectivity index (χ1v) is 12.1. The molecule has 0 saturated carbocycles. The van der Waals surface area contributed by atoms with Crippen LogP contribution in [0.25, 0.3) is 22.5 Å². The van der Waals surface area contributed by atoms with Gasteiger partial charge in [-0.2, -0.15) is 10.2 Å². The summed E-state index contributed by atoms with van der Waals surface area (Å²) in [7, 11) is 9.40. The number of benzene rings is 2. The topological polar surface area (TPSA) is 44.9 Å². The molecule has 0 amide bonds. The summed E-state index contributed by atoms with van der Waals surface area (Å²) in [6, 6.07) is 24.4. The van der Waals surface area contributed by atoms with Crippen LogP contribution in [0.1, 0.15) is 0 Å². The molecule has 0 unspecified atom stereocenters. The van der Waals surface area contributed by atoms with Gasteiger partial charge in [0.1, 0.15) is 0 Å². The number of aromatic nitrogens is 4. The molecule has 0 atom stereocenters. The third-order valence-electron chi connectivity index (χ3n) is 4.35. The average molecular weight is 488 g/mol. The molecule has 0 fully saturated rings. The predicted molar refractivity (Wildman–Crippen MR) is 118 cm³/mol. The Kier molecular flexibility index (Phi) is 9.45. The summed E-state index contributed by atoms with van der Waals surface area (Å²) in [5, 5.41) is 9.18. The van der Waals surface area contributed by atoms with Crippen LogP contribution in [0.15, 0.2) is 85.2 Å². The Morgan fingerprint density at radius 1 is 0.667 bits per heavy atom. The summed E-state index contributed by atoms with van der Waals surface area (Å²) >= 11 is 0.569. The van der Waals surface area contributed by atoms with E-state index >= 15 is 0 Å². The zero-order valence-electron chi connectivity index (χ0n) is 16.2. The third-order valence-corrected chi connectivity index (χ3v) is 4.35.